The van der Waals surface area contributed by atoms with Gasteiger partial charge in [0.15, 0.2) is 0 Å². The van der Waals surface area contributed by atoms with E-state index in [1.165, 1.54) is 22.3 Å². The van der Waals surface area contributed by atoms with Crippen LogP contribution in [-0.2, 0) is 0 Å². The van der Waals surface area contributed by atoms with Crippen LogP contribution in [0.25, 0.3) is 0 Å². The lowest BCUT2D eigenvalue weighted by Gasteiger charge is -2.31. The molecule has 120 valence electrons. The molecular weight excluding hydrogens is 256 g/mol. The van der Waals surface area contributed by atoms with Crippen molar-refractivity contribution in [1.82, 2.24) is 10.2 Å². The lowest BCUT2D eigenvalue weighted by Crippen LogP contribution is -2.41. The molecule has 1 unspecified atom stereocenters. The zero-order chi connectivity index (χ0) is 16.2. The molecule has 0 bridgehead atoms. The molecule has 1 rings (SSSR count). The molecule has 0 spiro atoms. The second kappa shape index (κ2) is 7.95. The maximum Gasteiger partial charge on any atom is 0.0295 e. The summed E-state index contributed by atoms with van der Waals surface area (Å²) in [6, 6.07) is 6.25. The van der Waals surface area contributed by atoms with E-state index in [0.717, 1.165) is 13.1 Å². The van der Waals surface area contributed by atoms with E-state index in [2.05, 4.69) is 77.7 Å². The summed E-state index contributed by atoms with van der Waals surface area (Å²) in [7, 11) is 0. The van der Waals surface area contributed by atoms with Gasteiger partial charge >= 0.3 is 0 Å². The highest BCUT2D eigenvalue weighted by atomic mass is 15.2. The van der Waals surface area contributed by atoms with E-state index in [-0.39, 0.29) is 0 Å². The van der Waals surface area contributed by atoms with Gasteiger partial charge in [-0.1, -0.05) is 12.1 Å². The van der Waals surface area contributed by atoms with Crippen LogP contribution in [0.2, 0.25) is 0 Å². The summed E-state index contributed by atoms with van der Waals surface area (Å²) in [5, 5.41) is 3.68. The molecule has 0 aliphatic carbocycles. The first-order valence-electron chi connectivity index (χ1n) is 8.30. The van der Waals surface area contributed by atoms with Gasteiger partial charge < -0.3 is 5.32 Å². The monoisotopic (exact) mass is 290 g/mol. The number of hydrogen-bond acceptors (Lipinski definition) is 2. The van der Waals surface area contributed by atoms with Crippen LogP contribution in [0.4, 0.5) is 0 Å². The van der Waals surface area contributed by atoms with Gasteiger partial charge in [0.25, 0.3) is 0 Å². The Morgan fingerprint density at radius 3 is 1.90 bits per heavy atom. The summed E-state index contributed by atoms with van der Waals surface area (Å²) >= 11 is 0. The predicted molar refractivity (Wildman–Crippen MR) is 94.0 cm³/mol. The largest absolute Gasteiger partial charge is 0.309 e. The van der Waals surface area contributed by atoms with Gasteiger partial charge in [-0.15, -0.1) is 0 Å². The average Bonchev–Trinajstić information content (AvgIpc) is 2.37. The Morgan fingerprint density at radius 1 is 0.857 bits per heavy atom. The summed E-state index contributed by atoms with van der Waals surface area (Å²) in [5.41, 5.74) is 5.59. The van der Waals surface area contributed by atoms with Crippen molar-refractivity contribution in [2.24, 2.45) is 0 Å². The molecule has 0 fully saturated rings. The Hall–Kier alpha value is -0.860. The highest BCUT2D eigenvalue weighted by molar-refractivity contribution is 5.37. The van der Waals surface area contributed by atoms with E-state index in [1.54, 1.807) is 0 Å². The molecule has 0 radical (unpaired) electrons. The maximum absolute atomic E-state index is 3.68. The zero-order valence-corrected chi connectivity index (χ0v) is 15.2. The van der Waals surface area contributed by atoms with E-state index >= 15 is 0 Å². The summed E-state index contributed by atoms with van der Waals surface area (Å²) in [4.78, 5) is 2.53. The van der Waals surface area contributed by atoms with Crippen LogP contribution >= 0.6 is 0 Å². The molecular formula is C19H34N2. The molecule has 1 atom stereocenters. The Labute approximate surface area is 131 Å². The summed E-state index contributed by atoms with van der Waals surface area (Å²) in [6.07, 6.45) is 0. The molecule has 2 nitrogen and oxygen atoms in total. The zero-order valence-electron chi connectivity index (χ0n) is 15.2. The quantitative estimate of drug-likeness (QED) is 0.801. The fraction of sp³-hybridized carbons (Fsp3) is 0.684. The third kappa shape index (κ3) is 5.12. The van der Waals surface area contributed by atoms with Crippen molar-refractivity contribution in [2.45, 2.75) is 73.5 Å². The molecule has 0 aliphatic heterocycles. The lowest BCUT2D eigenvalue weighted by atomic mass is 9.96. The van der Waals surface area contributed by atoms with Gasteiger partial charge in [0.1, 0.15) is 0 Å². The van der Waals surface area contributed by atoms with Crippen LogP contribution in [0.3, 0.4) is 0 Å². The van der Waals surface area contributed by atoms with Gasteiger partial charge in [-0.25, -0.2) is 0 Å². The Kier molecular flexibility index (Phi) is 6.89. The molecule has 2 heteroatoms. The van der Waals surface area contributed by atoms with E-state index in [1.807, 2.05) is 0 Å². The molecule has 0 amide bonds. The Bertz CT molecular complexity index is 441. The van der Waals surface area contributed by atoms with Crippen LogP contribution < -0.4 is 5.32 Å². The van der Waals surface area contributed by atoms with Crippen LogP contribution in [0.1, 0.15) is 62.9 Å². The van der Waals surface area contributed by atoms with E-state index in [9.17, 15) is 0 Å². The second-order valence-electron chi connectivity index (χ2n) is 6.89. The number of nitrogens with one attached hydrogen (secondary N) is 1. The summed E-state index contributed by atoms with van der Waals surface area (Å²) in [6.45, 7) is 20.1. The first-order chi connectivity index (χ1) is 9.73. The van der Waals surface area contributed by atoms with E-state index in [4.69, 9.17) is 0 Å². The van der Waals surface area contributed by atoms with Crippen molar-refractivity contribution < 1.29 is 0 Å². The third-order valence-electron chi connectivity index (χ3n) is 4.50. The topological polar surface area (TPSA) is 15.3 Å². The van der Waals surface area contributed by atoms with Crippen molar-refractivity contribution in [3.8, 4) is 0 Å². The Morgan fingerprint density at radius 2 is 1.38 bits per heavy atom. The van der Waals surface area contributed by atoms with E-state index < -0.39 is 0 Å². The lowest BCUT2D eigenvalue weighted by molar-refractivity contribution is 0.174. The standard InChI is InChI=1S/C19H34N2/c1-13(2)21(14(3)4)10-9-20-18(8)19-12-16(6)15(5)11-17(19)7/h11-14,18,20H,9-10H2,1-8H3. The van der Waals surface area contributed by atoms with E-state index in [0.29, 0.717) is 18.1 Å². The molecule has 1 aromatic carbocycles. The highest BCUT2D eigenvalue weighted by Gasteiger charge is 2.14. The minimum Gasteiger partial charge on any atom is -0.309 e. The fourth-order valence-electron chi connectivity index (χ4n) is 3.08. The van der Waals surface area contributed by atoms with Crippen LogP contribution in [0.5, 0.6) is 0 Å². The van der Waals surface area contributed by atoms with Gasteiger partial charge in [-0.3, -0.25) is 4.90 Å². The van der Waals surface area contributed by atoms with Crippen molar-refractivity contribution in [2.75, 3.05) is 13.1 Å². The van der Waals surface area contributed by atoms with Crippen LogP contribution in [0, 0.1) is 20.8 Å². The summed E-state index contributed by atoms with van der Waals surface area (Å²) in [5.74, 6) is 0. The molecule has 0 saturated carbocycles. The smallest absolute Gasteiger partial charge is 0.0295 e. The second-order valence-corrected chi connectivity index (χ2v) is 6.89. The number of rotatable bonds is 7. The van der Waals surface area contributed by atoms with Crippen molar-refractivity contribution >= 4 is 0 Å². The SMILES string of the molecule is Cc1cc(C)c(C(C)NCCN(C(C)C)C(C)C)cc1C. The minimum absolute atomic E-state index is 0.408. The first kappa shape index (κ1) is 18.2. The first-order valence-corrected chi connectivity index (χ1v) is 8.30. The molecule has 21 heavy (non-hydrogen) atoms. The number of aryl methyl sites for hydroxylation is 3. The summed E-state index contributed by atoms with van der Waals surface area (Å²) < 4.78 is 0. The number of benzene rings is 1. The van der Waals surface area contributed by atoms with Crippen molar-refractivity contribution in [1.29, 1.82) is 0 Å². The van der Waals surface area contributed by atoms with Gasteiger partial charge in [0.2, 0.25) is 0 Å². The minimum atomic E-state index is 0.408. The maximum atomic E-state index is 3.68. The number of nitrogens with zero attached hydrogens (tertiary/aromatic N) is 1. The molecule has 0 aliphatic rings. The molecule has 1 aromatic rings. The molecule has 0 aromatic heterocycles. The fourth-order valence-corrected chi connectivity index (χ4v) is 3.08. The normalized spacial score (nSPS) is 13.5. The number of hydrogen-bond donors (Lipinski definition) is 1. The van der Waals surface area contributed by atoms with Crippen molar-refractivity contribution in [3.05, 3.63) is 34.4 Å². The van der Waals surface area contributed by atoms with Gasteiger partial charge in [0.05, 0.1) is 0 Å². The predicted octanol–water partition coefficient (Wildman–Crippen LogP) is 4.38. The third-order valence-corrected chi connectivity index (χ3v) is 4.50. The Balaban J connectivity index is 2.62. The average molecular weight is 290 g/mol. The molecule has 1 N–H and O–H groups in total. The van der Waals surface area contributed by atoms with Crippen LogP contribution in [0.15, 0.2) is 12.1 Å². The van der Waals surface area contributed by atoms with Gasteiger partial charge in [0, 0.05) is 31.2 Å². The van der Waals surface area contributed by atoms with Crippen molar-refractivity contribution in [3.63, 3.8) is 0 Å². The van der Waals surface area contributed by atoms with Gasteiger partial charge in [-0.2, -0.15) is 0 Å². The molecule has 0 saturated heterocycles. The molecule has 0 heterocycles. The highest BCUT2D eigenvalue weighted by Crippen LogP contribution is 2.21. The van der Waals surface area contributed by atoms with Crippen LogP contribution in [-0.4, -0.2) is 30.1 Å². The van der Waals surface area contributed by atoms with Gasteiger partial charge in [-0.05, 0) is 77.6 Å².